The van der Waals surface area contributed by atoms with E-state index in [2.05, 4.69) is 10.6 Å². The van der Waals surface area contributed by atoms with Crippen LogP contribution in [0.3, 0.4) is 0 Å². The average molecular weight is 462 g/mol. The number of urea groups is 1. The smallest absolute Gasteiger partial charge is 0.317 e. The number of likely N-dealkylation sites (tertiary alicyclic amines) is 1. The van der Waals surface area contributed by atoms with Gasteiger partial charge in [-0.15, -0.1) is 0 Å². The van der Waals surface area contributed by atoms with Crippen molar-refractivity contribution in [1.29, 1.82) is 0 Å². The third-order valence-electron chi connectivity index (χ3n) is 6.95. The number of likely N-dealkylation sites (N-methyl/N-ethyl adjacent to an activating group) is 1. The van der Waals surface area contributed by atoms with Crippen LogP contribution in [-0.2, 0) is 10.3 Å². The minimum atomic E-state index is -1.05. The van der Waals surface area contributed by atoms with E-state index in [0.717, 1.165) is 43.5 Å². The van der Waals surface area contributed by atoms with Crippen molar-refractivity contribution in [2.45, 2.75) is 63.5 Å². The number of benzene rings is 1. The van der Waals surface area contributed by atoms with Crippen LogP contribution in [0.25, 0.3) is 0 Å². The third-order valence-corrected chi connectivity index (χ3v) is 6.95. The maximum atomic E-state index is 12.9. The monoisotopic (exact) mass is 461 g/mol. The fraction of sp³-hybridized carbons (Fsp3) is 0.731. The van der Waals surface area contributed by atoms with Crippen molar-refractivity contribution in [2.24, 2.45) is 11.8 Å². The maximum absolute atomic E-state index is 12.9. The molecule has 2 aliphatic rings. The lowest BCUT2D eigenvalue weighted by atomic mass is 9.73. The summed E-state index contributed by atoms with van der Waals surface area (Å²) >= 11 is 0. The predicted octanol–water partition coefficient (Wildman–Crippen LogP) is 3.51. The summed E-state index contributed by atoms with van der Waals surface area (Å²) in [6.07, 6.45) is 6.57. The summed E-state index contributed by atoms with van der Waals surface area (Å²) in [7, 11) is 3.59. The minimum Gasteiger partial charge on any atom is -0.493 e. The molecular formula is C26H43N3O4. The van der Waals surface area contributed by atoms with Gasteiger partial charge in [0.05, 0.1) is 12.2 Å². The van der Waals surface area contributed by atoms with Crippen molar-refractivity contribution in [3.8, 4) is 5.75 Å². The van der Waals surface area contributed by atoms with Crippen LogP contribution in [0, 0.1) is 11.8 Å². The lowest BCUT2D eigenvalue weighted by Gasteiger charge is -2.43. The number of nitrogens with zero attached hydrogens (tertiary/aromatic N) is 1. The maximum Gasteiger partial charge on any atom is 0.317 e. The number of hydrogen-bond acceptors (Lipinski definition) is 5. The van der Waals surface area contributed by atoms with E-state index in [9.17, 15) is 9.90 Å². The molecule has 1 aromatic carbocycles. The van der Waals surface area contributed by atoms with Crippen LogP contribution in [-0.4, -0.2) is 69.1 Å². The molecule has 7 heteroatoms. The highest BCUT2D eigenvalue weighted by atomic mass is 16.5. The Kier molecular flexibility index (Phi) is 9.83. The van der Waals surface area contributed by atoms with Gasteiger partial charge in [0, 0.05) is 50.9 Å². The molecular weight excluding hydrogens is 418 g/mol. The molecule has 0 radical (unpaired) electrons. The normalized spacial score (nSPS) is 21.3. The number of para-hydroxylation sites is 1. The molecule has 1 unspecified atom stereocenters. The largest absolute Gasteiger partial charge is 0.493 e. The molecule has 0 spiro atoms. The number of aliphatic hydroxyl groups is 1. The zero-order chi connectivity index (χ0) is 23.7. The molecule has 1 heterocycles. The standard InChI is InChI=1S/C26H43N3O4/c1-20(17-27-2)28-25(30)29-15-8-9-22(18-29)26(31,14-6-7-16-32-3)23-10-4-5-11-24(23)33-19-21-12-13-21/h4-5,10-11,20-22,27,31H,6-9,12-19H2,1-3H3,(H,28,30)/t20-,22?,26-/m0/s1. The lowest BCUT2D eigenvalue weighted by molar-refractivity contribution is -0.0580. The van der Waals surface area contributed by atoms with E-state index >= 15 is 0 Å². The summed E-state index contributed by atoms with van der Waals surface area (Å²) in [6, 6.07) is 7.93. The Labute approximate surface area is 199 Å². The number of unbranched alkanes of at least 4 members (excludes halogenated alkanes) is 1. The summed E-state index contributed by atoms with van der Waals surface area (Å²) in [4.78, 5) is 14.8. The number of hydrogen-bond donors (Lipinski definition) is 3. The highest BCUT2D eigenvalue weighted by Gasteiger charge is 2.43. The fourth-order valence-electron chi connectivity index (χ4n) is 4.85. The van der Waals surface area contributed by atoms with Gasteiger partial charge in [0.15, 0.2) is 0 Å². The van der Waals surface area contributed by atoms with Crippen molar-refractivity contribution in [1.82, 2.24) is 15.5 Å². The van der Waals surface area contributed by atoms with Crippen molar-refractivity contribution in [3.05, 3.63) is 29.8 Å². The SMILES string of the molecule is CNC[C@H](C)NC(=O)N1CCCC([C@@](O)(CCCCOC)c2ccccc2OCC2CC2)C1. The second-order valence-corrected chi connectivity index (χ2v) is 9.82. The van der Waals surface area contributed by atoms with Crippen LogP contribution in [0.15, 0.2) is 24.3 Å². The highest BCUT2D eigenvalue weighted by Crippen LogP contribution is 2.44. The Bertz CT molecular complexity index is 742. The van der Waals surface area contributed by atoms with Crippen molar-refractivity contribution in [3.63, 3.8) is 0 Å². The lowest BCUT2D eigenvalue weighted by Crippen LogP contribution is -2.53. The second kappa shape index (κ2) is 12.6. The zero-order valence-electron chi connectivity index (χ0n) is 20.6. The fourth-order valence-corrected chi connectivity index (χ4v) is 4.85. The number of amides is 2. The third kappa shape index (κ3) is 7.33. The topological polar surface area (TPSA) is 83.1 Å². The summed E-state index contributed by atoms with van der Waals surface area (Å²) < 4.78 is 11.4. The van der Waals surface area contributed by atoms with Gasteiger partial charge >= 0.3 is 6.03 Å². The molecule has 1 aliphatic carbocycles. The van der Waals surface area contributed by atoms with E-state index in [-0.39, 0.29) is 18.0 Å². The van der Waals surface area contributed by atoms with Gasteiger partial charge in [-0.2, -0.15) is 0 Å². The molecule has 3 atom stereocenters. The van der Waals surface area contributed by atoms with Gasteiger partial charge in [0.1, 0.15) is 5.75 Å². The first-order valence-corrected chi connectivity index (χ1v) is 12.6. The quantitative estimate of drug-likeness (QED) is 0.392. The van der Waals surface area contributed by atoms with Crippen LogP contribution < -0.4 is 15.4 Å². The number of methoxy groups -OCH3 is 1. The first-order chi connectivity index (χ1) is 16.0. The Morgan fingerprint density at radius 2 is 2.06 bits per heavy atom. The molecule has 3 N–H and O–H groups in total. The predicted molar refractivity (Wildman–Crippen MR) is 131 cm³/mol. The van der Waals surface area contributed by atoms with Crippen LogP contribution in [0.1, 0.15) is 57.4 Å². The summed E-state index contributed by atoms with van der Waals surface area (Å²) in [5.74, 6) is 1.37. The van der Waals surface area contributed by atoms with E-state index in [1.165, 1.54) is 12.8 Å². The zero-order valence-corrected chi connectivity index (χ0v) is 20.6. The number of nitrogens with one attached hydrogen (secondary N) is 2. The van der Waals surface area contributed by atoms with Gasteiger partial charge in [-0.1, -0.05) is 18.2 Å². The molecule has 2 fully saturated rings. The minimum absolute atomic E-state index is 0.0485. The molecule has 0 aromatic heterocycles. The number of carbonyl (C=O) groups excluding carboxylic acids is 1. The van der Waals surface area contributed by atoms with E-state index in [0.29, 0.717) is 38.6 Å². The number of rotatable bonds is 13. The molecule has 1 saturated carbocycles. The Morgan fingerprint density at radius 3 is 2.79 bits per heavy atom. The van der Waals surface area contributed by atoms with Gasteiger partial charge < -0.3 is 30.1 Å². The van der Waals surface area contributed by atoms with Gasteiger partial charge in [-0.25, -0.2) is 4.79 Å². The van der Waals surface area contributed by atoms with Crippen LogP contribution in [0.4, 0.5) is 4.79 Å². The van der Waals surface area contributed by atoms with Gasteiger partial charge in [-0.3, -0.25) is 0 Å². The van der Waals surface area contributed by atoms with Gasteiger partial charge in [-0.05, 0) is 70.9 Å². The van der Waals surface area contributed by atoms with Crippen molar-refractivity contribution >= 4 is 6.03 Å². The molecule has 186 valence electrons. The molecule has 0 bridgehead atoms. The van der Waals surface area contributed by atoms with Crippen molar-refractivity contribution < 1.29 is 19.4 Å². The molecule has 1 aliphatic heterocycles. The molecule has 2 amide bonds. The Hall–Kier alpha value is -1.83. The van der Waals surface area contributed by atoms with Gasteiger partial charge in [0.25, 0.3) is 0 Å². The summed E-state index contributed by atoms with van der Waals surface area (Å²) in [5, 5.41) is 18.4. The van der Waals surface area contributed by atoms with Gasteiger partial charge in [0.2, 0.25) is 0 Å². The molecule has 1 saturated heterocycles. The number of piperidine rings is 1. The second-order valence-electron chi connectivity index (χ2n) is 9.82. The molecule has 3 rings (SSSR count). The number of ether oxygens (including phenoxy) is 2. The number of carbonyl (C=O) groups is 1. The van der Waals surface area contributed by atoms with Crippen LogP contribution >= 0.6 is 0 Å². The van der Waals surface area contributed by atoms with E-state index in [1.807, 2.05) is 43.1 Å². The van der Waals surface area contributed by atoms with E-state index < -0.39 is 5.60 Å². The van der Waals surface area contributed by atoms with Crippen LogP contribution in [0.2, 0.25) is 0 Å². The molecule has 33 heavy (non-hydrogen) atoms. The summed E-state index contributed by atoms with van der Waals surface area (Å²) in [6.45, 7) is 5.36. The molecule has 1 aromatic rings. The first kappa shape index (κ1) is 25.8. The first-order valence-electron chi connectivity index (χ1n) is 12.6. The average Bonchev–Trinajstić information content (AvgIpc) is 3.65. The van der Waals surface area contributed by atoms with Crippen molar-refractivity contribution in [2.75, 3.05) is 47.0 Å². The van der Waals surface area contributed by atoms with E-state index in [1.54, 1.807) is 7.11 Å². The molecule has 7 nitrogen and oxygen atoms in total. The summed E-state index contributed by atoms with van der Waals surface area (Å²) in [5.41, 5.74) is -0.192. The Morgan fingerprint density at radius 1 is 1.27 bits per heavy atom. The van der Waals surface area contributed by atoms with Crippen LogP contribution in [0.5, 0.6) is 5.75 Å². The van der Waals surface area contributed by atoms with E-state index in [4.69, 9.17) is 9.47 Å². The Balaban J connectivity index is 1.78. The highest BCUT2D eigenvalue weighted by molar-refractivity contribution is 5.74.